The number of hydrogen-bond acceptors (Lipinski definition) is 1. The first kappa shape index (κ1) is 14.8. The molecule has 1 nitrogen and oxygen atoms in total. The minimum Gasteiger partial charge on any atom is -0.317 e. The zero-order chi connectivity index (χ0) is 12.8. The highest BCUT2D eigenvalue weighted by molar-refractivity contribution is 4.91. The molecule has 17 heavy (non-hydrogen) atoms. The van der Waals surface area contributed by atoms with Gasteiger partial charge in [-0.1, -0.05) is 19.4 Å². The average Bonchev–Trinajstić information content (AvgIpc) is 2.30. The van der Waals surface area contributed by atoms with E-state index in [1.165, 1.54) is 44.1 Å². The quantitative estimate of drug-likeness (QED) is 0.675. The van der Waals surface area contributed by atoms with Gasteiger partial charge in [0, 0.05) is 6.04 Å². The maximum Gasteiger partial charge on any atom is 0.00953 e. The second kappa shape index (κ2) is 7.20. The fourth-order valence-corrected chi connectivity index (χ4v) is 3.23. The summed E-state index contributed by atoms with van der Waals surface area (Å²) < 4.78 is 0. The predicted octanol–water partition coefficient (Wildman–Crippen LogP) is 4.39. The van der Waals surface area contributed by atoms with Crippen molar-refractivity contribution in [2.75, 3.05) is 7.05 Å². The van der Waals surface area contributed by atoms with Gasteiger partial charge in [-0.05, 0) is 70.3 Å². The first-order valence-electron chi connectivity index (χ1n) is 7.36. The number of allylic oxidation sites excluding steroid dienone is 1. The van der Waals surface area contributed by atoms with Crippen molar-refractivity contribution in [3.05, 3.63) is 12.2 Å². The molecule has 1 saturated carbocycles. The van der Waals surface area contributed by atoms with Gasteiger partial charge in [-0.15, -0.1) is 6.58 Å². The van der Waals surface area contributed by atoms with Gasteiger partial charge in [0.15, 0.2) is 0 Å². The van der Waals surface area contributed by atoms with E-state index >= 15 is 0 Å². The smallest absolute Gasteiger partial charge is 0.00953 e. The van der Waals surface area contributed by atoms with Gasteiger partial charge < -0.3 is 5.32 Å². The van der Waals surface area contributed by atoms with Crippen molar-refractivity contribution in [2.24, 2.45) is 17.8 Å². The summed E-state index contributed by atoms with van der Waals surface area (Å²) in [7, 11) is 2.12. The molecule has 1 heteroatoms. The molecule has 1 fully saturated rings. The van der Waals surface area contributed by atoms with Crippen LogP contribution < -0.4 is 5.32 Å². The lowest BCUT2D eigenvalue weighted by Gasteiger charge is -2.35. The van der Waals surface area contributed by atoms with E-state index < -0.39 is 0 Å². The molecule has 1 rings (SSSR count). The molecule has 0 aromatic heterocycles. The maximum atomic E-state index is 4.01. The highest BCUT2D eigenvalue weighted by Gasteiger charge is 2.27. The van der Waals surface area contributed by atoms with Gasteiger partial charge >= 0.3 is 0 Å². The summed E-state index contributed by atoms with van der Waals surface area (Å²) in [5, 5.41) is 3.53. The number of hydrogen-bond donors (Lipinski definition) is 1. The van der Waals surface area contributed by atoms with Crippen LogP contribution in [0.25, 0.3) is 0 Å². The first-order chi connectivity index (χ1) is 8.04. The molecule has 1 N–H and O–H groups in total. The fraction of sp³-hybridized carbons (Fsp3) is 0.875. The molecule has 0 aromatic rings. The highest BCUT2D eigenvalue weighted by Crippen LogP contribution is 2.35. The largest absolute Gasteiger partial charge is 0.317 e. The molecule has 1 atom stereocenters. The molecular weight excluding hydrogens is 206 g/mol. The van der Waals surface area contributed by atoms with Crippen LogP contribution in [-0.4, -0.2) is 13.1 Å². The van der Waals surface area contributed by atoms with Gasteiger partial charge in [-0.2, -0.15) is 0 Å². The standard InChI is InChI=1S/C16H31N/c1-12(2)6-11-16(17-5)15-9-7-14(8-10-15)13(3)4/h13-17H,1,6-11H2,2-5H3. The van der Waals surface area contributed by atoms with Crippen molar-refractivity contribution < 1.29 is 0 Å². The van der Waals surface area contributed by atoms with E-state index in [-0.39, 0.29) is 0 Å². The van der Waals surface area contributed by atoms with Gasteiger partial charge in [-0.25, -0.2) is 0 Å². The van der Waals surface area contributed by atoms with E-state index in [4.69, 9.17) is 0 Å². The van der Waals surface area contributed by atoms with Crippen molar-refractivity contribution in [1.82, 2.24) is 5.32 Å². The normalized spacial score (nSPS) is 27.1. The van der Waals surface area contributed by atoms with Gasteiger partial charge in [0.2, 0.25) is 0 Å². The van der Waals surface area contributed by atoms with Crippen molar-refractivity contribution >= 4 is 0 Å². The Labute approximate surface area is 108 Å². The summed E-state index contributed by atoms with van der Waals surface area (Å²) >= 11 is 0. The van der Waals surface area contributed by atoms with Crippen LogP contribution in [0, 0.1) is 17.8 Å². The number of rotatable bonds is 6. The van der Waals surface area contributed by atoms with Crippen molar-refractivity contribution in [3.8, 4) is 0 Å². The van der Waals surface area contributed by atoms with E-state index in [9.17, 15) is 0 Å². The Morgan fingerprint density at radius 3 is 2.12 bits per heavy atom. The van der Waals surface area contributed by atoms with Gasteiger partial charge in [0.25, 0.3) is 0 Å². The molecule has 0 radical (unpaired) electrons. The van der Waals surface area contributed by atoms with Crippen LogP contribution in [0.4, 0.5) is 0 Å². The Morgan fingerprint density at radius 1 is 1.18 bits per heavy atom. The van der Waals surface area contributed by atoms with Crippen LogP contribution >= 0.6 is 0 Å². The lowest BCUT2D eigenvalue weighted by Crippen LogP contribution is -2.36. The van der Waals surface area contributed by atoms with Gasteiger partial charge in [0.1, 0.15) is 0 Å². The summed E-state index contributed by atoms with van der Waals surface area (Å²) in [4.78, 5) is 0. The molecule has 0 amide bonds. The Hall–Kier alpha value is -0.300. The summed E-state index contributed by atoms with van der Waals surface area (Å²) in [5.74, 6) is 2.75. The lowest BCUT2D eigenvalue weighted by molar-refractivity contribution is 0.188. The molecule has 0 aliphatic heterocycles. The second-order valence-electron chi connectivity index (χ2n) is 6.31. The fourth-order valence-electron chi connectivity index (χ4n) is 3.23. The summed E-state index contributed by atoms with van der Waals surface area (Å²) in [6.07, 6.45) is 8.16. The van der Waals surface area contributed by atoms with Crippen LogP contribution in [0.15, 0.2) is 12.2 Å². The maximum absolute atomic E-state index is 4.01. The Kier molecular flexibility index (Phi) is 6.26. The zero-order valence-corrected chi connectivity index (χ0v) is 12.3. The van der Waals surface area contributed by atoms with Crippen LogP contribution in [-0.2, 0) is 0 Å². The van der Waals surface area contributed by atoms with Crippen molar-refractivity contribution in [2.45, 2.75) is 65.3 Å². The Balaban J connectivity index is 2.36. The topological polar surface area (TPSA) is 12.0 Å². The van der Waals surface area contributed by atoms with Crippen LogP contribution in [0.1, 0.15) is 59.3 Å². The monoisotopic (exact) mass is 237 g/mol. The molecule has 1 aliphatic rings. The molecule has 0 bridgehead atoms. The Bertz CT molecular complexity index is 224. The highest BCUT2D eigenvalue weighted by atomic mass is 14.9. The van der Waals surface area contributed by atoms with Gasteiger partial charge in [0.05, 0.1) is 0 Å². The van der Waals surface area contributed by atoms with Crippen molar-refractivity contribution in [1.29, 1.82) is 0 Å². The predicted molar refractivity (Wildman–Crippen MR) is 77.2 cm³/mol. The molecule has 1 aliphatic carbocycles. The third kappa shape index (κ3) is 4.83. The molecule has 0 saturated heterocycles. The van der Waals surface area contributed by atoms with E-state index in [1.807, 2.05) is 0 Å². The van der Waals surface area contributed by atoms with E-state index in [0.717, 1.165) is 17.8 Å². The van der Waals surface area contributed by atoms with Crippen molar-refractivity contribution in [3.63, 3.8) is 0 Å². The minimum atomic E-state index is 0.708. The molecule has 1 unspecified atom stereocenters. The average molecular weight is 237 g/mol. The number of nitrogens with one attached hydrogen (secondary N) is 1. The lowest BCUT2D eigenvalue weighted by atomic mass is 9.74. The molecule has 0 heterocycles. The molecule has 100 valence electrons. The Morgan fingerprint density at radius 2 is 1.71 bits per heavy atom. The third-order valence-corrected chi connectivity index (χ3v) is 4.58. The zero-order valence-electron chi connectivity index (χ0n) is 12.3. The third-order valence-electron chi connectivity index (χ3n) is 4.58. The second-order valence-corrected chi connectivity index (χ2v) is 6.31. The van der Waals surface area contributed by atoms with Crippen LogP contribution in [0.3, 0.4) is 0 Å². The SMILES string of the molecule is C=C(C)CCC(NC)C1CCC(C(C)C)CC1. The van der Waals surface area contributed by atoms with E-state index in [1.54, 1.807) is 0 Å². The molecule has 0 aromatic carbocycles. The summed E-state index contributed by atoms with van der Waals surface area (Å²) in [6, 6.07) is 0.708. The van der Waals surface area contributed by atoms with Crippen LogP contribution in [0.2, 0.25) is 0 Å². The van der Waals surface area contributed by atoms with Crippen LogP contribution in [0.5, 0.6) is 0 Å². The molecular formula is C16H31N. The summed E-state index contributed by atoms with van der Waals surface area (Å²) in [6.45, 7) is 10.9. The first-order valence-corrected chi connectivity index (χ1v) is 7.36. The summed E-state index contributed by atoms with van der Waals surface area (Å²) in [5.41, 5.74) is 1.32. The molecule has 0 spiro atoms. The minimum absolute atomic E-state index is 0.708. The van der Waals surface area contributed by atoms with E-state index in [2.05, 4.69) is 39.7 Å². The van der Waals surface area contributed by atoms with E-state index in [0.29, 0.717) is 6.04 Å². The van der Waals surface area contributed by atoms with Gasteiger partial charge in [-0.3, -0.25) is 0 Å².